The average Bonchev–Trinajstić information content (AvgIpc) is 3.46. The lowest BCUT2D eigenvalue weighted by molar-refractivity contribution is -0.159. The van der Waals surface area contributed by atoms with Crippen molar-refractivity contribution in [3.05, 3.63) is 72.3 Å². The number of hydrogen-bond donors (Lipinski definition) is 2. The number of nitrogens with zero attached hydrogens (tertiary/aromatic N) is 2. The van der Waals surface area contributed by atoms with Gasteiger partial charge < -0.3 is 39.0 Å². The number of amides is 1. The van der Waals surface area contributed by atoms with Crippen LogP contribution in [0.4, 0.5) is 5.69 Å². The molecule has 3 aromatic rings. The highest BCUT2D eigenvalue weighted by Crippen LogP contribution is 2.46. The molecule has 0 aliphatic carbocycles. The Kier molecular flexibility index (Phi) is 10.5. The number of para-hydroxylation sites is 1. The summed E-state index contributed by atoms with van der Waals surface area (Å²) in [5.41, 5.74) is 1.95. The summed E-state index contributed by atoms with van der Waals surface area (Å²) in [6.07, 6.45) is 0.904. The van der Waals surface area contributed by atoms with Crippen LogP contribution in [0.1, 0.15) is 17.2 Å². The molecule has 0 bridgehead atoms. The maximum atomic E-state index is 12.9. The number of rotatable bonds is 10. The van der Waals surface area contributed by atoms with E-state index in [-0.39, 0.29) is 18.0 Å². The molecular weight excluding hydrogens is 564 g/mol. The Bertz CT molecular complexity index is 1390. The number of ether oxygens (including phenoxy) is 4. The average molecular weight is 597 g/mol. The lowest BCUT2D eigenvalue weighted by atomic mass is 10.1. The number of carbonyl (C=O) groups is 3. The Labute approximate surface area is 247 Å². The molecule has 0 fully saturated rings. The predicted octanol–water partition coefficient (Wildman–Crippen LogP) is 4.16. The van der Waals surface area contributed by atoms with Gasteiger partial charge in [-0.15, -0.1) is 11.8 Å². The summed E-state index contributed by atoms with van der Waals surface area (Å²) >= 11 is 1.60. The van der Waals surface area contributed by atoms with Crippen LogP contribution in [0.25, 0.3) is 0 Å². The summed E-state index contributed by atoms with van der Waals surface area (Å²) < 4.78 is 22.5. The number of fused-ring (bicyclic) bond motifs is 2. The highest BCUT2D eigenvalue weighted by molar-refractivity contribution is 8.00. The molecule has 0 saturated carbocycles. The normalized spacial score (nSPS) is 15.0. The fraction of sp³-hybridized carbons (Fsp3) is 0.300. The van der Waals surface area contributed by atoms with Crippen molar-refractivity contribution in [2.24, 2.45) is 0 Å². The van der Waals surface area contributed by atoms with E-state index < -0.39 is 11.9 Å². The monoisotopic (exact) mass is 596 g/mol. The van der Waals surface area contributed by atoms with Crippen molar-refractivity contribution in [1.29, 1.82) is 0 Å². The van der Waals surface area contributed by atoms with Gasteiger partial charge >= 0.3 is 11.9 Å². The minimum absolute atomic E-state index is 0.0953. The summed E-state index contributed by atoms with van der Waals surface area (Å²) in [4.78, 5) is 36.2. The second-order valence-corrected chi connectivity index (χ2v) is 10.6. The van der Waals surface area contributed by atoms with Gasteiger partial charge in [0.15, 0.2) is 11.5 Å². The molecule has 0 radical (unpaired) electrons. The second kappa shape index (κ2) is 14.5. The molecule has 2 N–H and O–H groups in total. The third-order valence-corrected chi connectivity index (χ3v) is 7.74. The van der Waals surface area contributed by atoms with Gasteiger partial charge in [0.2, 0.25) is 12.7 Å². The van der Waals surface area contributed by atoms with Crippen LogP contribution in [0.15, 0.2) is 71.6 Å². The maximum Gasteiger partial charge on any atom is 0.414 e. The summed E-state index contributed by atoms with van der Waals surface area (Å²) in [6, 6.07) is 21.5. The first-order valence-electron chi connectivity index (χ1n) is 13.2. The standard InChI is InChI=1S/C28H30N2O5S.C2H2O4/c1-29(15-17-33-22-12-13-24-25(18-22)35-19-34-24)14-5-16-32-21-10-8-20(9-11-21)27-28(31)30(2)23-6-3-4-7-26(23)36-27;3-1(4)2(5)6/h3-4,6-13,18,27H,5,14-17,19H2,1-2H3;(H,3,4)(H,5,6). The largest absolute Gasteiger partial charge is 0.494 e. The lowest BCUT2D eigenvalue weighted by Crippen LogP contribution is -2.33. The van der Waals surface area contributed by atoms with Gasteiger partial charge in [-0.2, -0.15) is 0 Å². The molecule has 2 aliphatic heterocycles. The quantitative estimate of drug-likeness (QED) is 0.258. The smallest absolute Gasteiger partial charge is 0.414 e. The Morgan fingerprint density at radius 3 is 2.33 bits per heavy atom. The van der Waals surface area contributed by atoms with E-state index in [2.05, 4.69) is 18.0 Å². The second-order valence-electron chi connectivity index (χ2n) is 9.41. The van der Waals surface area contributed by atoms with E-state index in [0.717, 1.165) is 58.7 Å². The van der Waals surface area contributed by atoms with E-state index in [0.29, 0.717) is 13.2 Å². The molecule has 3 aromatic carbocycles. The van der Waals surface area contributed by atoms with E-state index in [1.54, 1.807) is 16.7 Å². The van der Waals surface area contributed by atoms with Crippen molar-refractivity contribution in [1.82, 2.24) is 4.90 Å². The number of benzene rings is 3. The van der Waals surface area contributed by atoms with Crippen LogP contribution in [0.5, 0.6) is 23.0 Å². The number of anilines is 1. The van der Waals surface area contributed by atoms with E-state index in [4.69, 9.17) is 38.7 Å². The zero-order valence-corrected chi connectivity index (χ0v) is 24.0. The summed E-state index contributed by atoms with van der Waals surface area (Å²) in [6.45, 7) is 3.20. The summed E-state index contributed by atoms with van der Waals surface area (Å²) in [5, 5.41) is 14.5. The van der Waals surface area contributed by atoms with Crippen LogP contribution in [-0.2, 0) is 14.4 Å². The number of likely N-dealkylation sites (N-methyl/N-ethyl adjacent to an activating group) is 2. The van der Waals surface area contributed by atoms with Crippen LogP contribution in [0.3, 0.4) is 0 Å². The van der Waals surface area contributed by atoms with E-state index in [1.165, 1.54) is 0 Å². The molecular formula is C30H32N2O9S. The van der Waals surface area contributed by atoms with Gasteiger partial charge in [-0.1, -0.05) is 24.3 Å². The third kappa shape index (κ3) is 8.08. The predicted molar refractivity (Wildman–Crippen MR) is 156 cm³/mol. The number of carbonyl (C=O) groups excluding carboxylic acids is 1. The van der Waals surface area contributed by atoms with Gasteiger partial charge in [-0.25, -0.2) is 9.59 Å². The minimum atomic E-state index is -1.82. The van der Waals surface area contributed by atoms with E-state index >= 15 is 0 Å². The molecule has 2 heterocycles. The highest BCUT2D eigenvalue weighted by atomic mass is 32.2. The first-order valence-corrected chi connectivity index (χ1v) is 14.0. The fourth-order valence-electron chi connectivity index (χ4n) is 4.18. The van der Waals surface area contributed by atoms with Crippen molar-refractivity contribution in [2.45, 2.75) is 16.6 Å². The SMILES string of the molecule is CN(CCCOc1ccc(C2Sc3ccccc3N(C)C2=O)cc1)CCOc1ccc2c(c1)OCO2.O=C(O)C(=O)O. The molecule has 11 nitrogen and oxygen atoms in total. The van der Waals surface area contributed by atoms with Gasteiger partial charge in [0.25, 0.3) is 0 Å². The molecule has 1 unspecified atom stereocenters. The molecule has 0 saturated heterocycles. The highest BCUT2D eigenvalue weighted by Gasteiger charge is 2.32. The molecule has 2 aliphatic rings. The zero-order valence-electron chi connectivity index (χ0n) is 23.2. The van der Waals surface area contributed by atoms with Gasteiger partial charge in [-0.3, -0.25) is 4.79 Å². The lowest BCUT2D eigenvalue weighted by Gasteiger charge is -2.31. The van der Waals surface area contributed by atoms with Crippen molar-refractivity contribution >= 4 is 35.3 Å². The topological polar surface area (TPSA) is 135 Å². The van der Waals surface area contributed by atoms with Gasteiger partial charge in [-0.05, 0) is 55.4 Å². The summed E-state index contributed by atoms with van der Waals surface area (Å²) in [7, 11) is 3.91. The maximum absolute atomic E-state index is 12.9. The number of aliphatic carboxylic acids is 2. The minimum Gasteiger partial charge on any atom is -0.494 e. The summed E-state index contributed by atoms with van der Waals surface area (Å²) in [5.74, 6) is -0.470. The zero-order chi connectivity index (χ0) is 30.1. The van der Waals surface area contributed by atoms with Gasteiger partial charge in [0, 0.05) is 31.1 Å². The number of carboxylic acids is 2. The van der Waals surface area contributed by atoms with Gasteiger partial charge in [0.1, 0.15) is 23.4 Å². The Morgan fingerprint density at radius 2 is 1.60 bits per heavy atom. The van der Waals surface area contributed by atoms with Crippen molar-refractivity contribution in [2.75, 3.05) is 52.1 Å². The molecule has 1 amide bonds. The number of carboxylic acid groups (broad SMARTS) is 2. The molecule has 0 spiro atoms. The Balaban J connectivity index is 0.000000612. The first-order chi connectivity index (χ1) is 20.2. The Hall–Kier alpha value is -4.42. The van der Waals surface area contributed by atoms with E-state index in [1.807, 2.05) is 67.7 Å². The van der Waals surface area contributed by atoms with E-state index in [9.17, 15) is 4.79 Å². The van der Waals surface area contributed by atoms with Crippen molar-refractivity contribution in [3.63, 3.8) is 0 Å². The van der Waals surface area contributed by atoms with Crippen LogP contribution in [-0.4, -0.2) is 80.2 Å². The number of hydrogen-bond acceptors (Lipinski definition) is 9. The third-order valence-electron chi connectivity index (χ3n) is 6.43. The molecule has 42 heavy (non-hydrogen) atoms. The van der Waals surface area contributed by atoms with Crippen LogP contribution in [0.2, 0.25) is 0 Å². The van der Waals surface area contributed by atoms with Crippen LogP contribution in [0, 0.1) is 0 Å². The molecule has 12 heteroatoms. The number of thioether (sulfide) groups is 1. The van der Waals surface area contributed by atoms with Crippen LogP contribution < -0.4 is 23.8 Å². The van der Waals surface area contributed by atoms with Crippen molar-refractivity contribution in [3.8, 4) is 23.0 Å². The van der Waals surface area contributed by atoms with Crippen molar-refractivity contribution < 1.29 is 43.5 Å². The van der Waals surface area contributed by atoms with Gasteiger partial charge in [0.05, 0.1) is 12.3 Å². The molecule has 222 valence electrons. The Morgan fingerprint density at radius 1 is 0.929 bits per heavy atom. The first kappa shape index (κ1) is 30.5. The van der Waals surface area contributed by atoms with Crippen LogP contribution >= 0.6 is 11.8 Å². The molecule has 1 atom stereocenters. The fourth-order valence-corrected chi connectivity index (χ4v) is 5.47. The molecule has 0 aromatic heterocycles. The molecule has 5 rings (SSSR count).